The summed E-state index contributed by atoms with van der Waals surface area (Å²) >= 11 is 0. The number of rotatable bonds is 3. The molecule has 1 N–H and O–H groups in total. The van der Waals surface area contributed by atoms with Crippen LogP contribution in [-0.4, -0.2) is 50.8 Å². The maximum Gasteiger partial charge on any atom is 0.220 e. The minimum absolute atomic E-state index is 0.183. The Morgan fingerprint density at radius 2 is 1.92 bits per heavy atom. The van der Waals surface area contributed by atoms with E-state index in [4.69, 9.17) is 14.2 Å². The number of benzene rings is 1. The van der Waals surface area contributed by atoms with Crippen LogP contribution in [0.1, 0.15) is 31.2 Å². The number of nitrogens with one attached hydrogen (secondary N) is 1. The lowest BCUT2D eigenvalue weighted by atomic mass is 9.77. The minimum atomic E-state index is 0.183. The molecule has 0 radical (unpaired) electrons. The summed E-state index contributed by atoms with van der Waals surface area (Å²) < 4.78 is 17.2. The van der Waals surface area contributed by atoms with Crippen LogP contribution >= 0.6 is 0 Å². The third-order valence-corrected chi connectivity index (χ3v) is 5.66. The number of carbonyl (C=O) groups is 1. The third kappa shape index (κ3) is 3.40. The Hall–Kier alpha value is -1.95. The van der Waals surface area contributed by atoms with Crippen LogP contribution in [0.3, 0.4) is 0 Å². The minimum Gasteiger partial charge on any atom is -0.496 e. The van der Waals surface area contributed by atoms with Crippen molar-refractivity contribution < 1.29 is 19.0 Å². The van der Waals surface area contributed by atoms with Gasteiger partial charge >= 0.3 is 0 Å². The number of methoxy groups -OCH3 is 1. The predicted molar refractivity (Wildman–Crippen MR) is 93.2 cm³/mol. The SMILES string of the molecule is COc1cc2c(cc1CN1CCC3(CC1)CNC(=O)C3)OCCCO2. The number of hydrogen-bond donors (Lipinski definition) is 1. The fourth-order valence-corrected chi connectivity index (χ4v) is 4.08. The predicted octanol–water partition coefficient (Wildman–Crippen LogP) is 1.96. The van der Waals surface area contributed by atoms with Crippen molar-refractivity contribution in [2.24, 2.45) is 5.41 Å². The first-order chi connectivity index (χ1) is 12.2. The molecule has 1 spiro atoms. The summed E-state index contributed by atoms with van der Waals surface area (Å²) in [4.78, 5) is 14.0. The molecule has 3 aliphatic rings. The van der Waals surface area contributed by atoms with Gasteiger partial charge in [-0.2, -0.15) is 0 Å². The number of likely N-dealkylation sites (tertiary alicyclic amines) is 1. The molecule has 0 unspecified atom stereocenters. The Labute approximate surface area is 148 Å². The monoisotopic (exact) mass is 346 g/mol. The average Bonchev–Trinajstić information content (AvgIpc) is 2.83. The van der Waals surface area contributed by atoms with Crippen molar-refractivity contribution in [2.75, 3.05) is 40.0 Å². The molecule has 0 aliphatic carbocycles. The maximum atomic E-state index is 11.6. The topological polar surface area (TPSA) is 60.0 Å². The van der Waals surface area contributed by atoms with E-state index in [1.165, 1.54) is 0 Å². The van der Waals surface area contributed by atoms with Gasteiger partial charge in [-0.1, -0.05) is 0 Å². The Bertz CT molecular complexity index is 653. The van der Waals surface area contributed by atoms with Gasteiger partial charge in [0.1, 0.15) is 5.75 Å². The normalized spacial score (nSPS) is 22.5. The molecule has 6 nitrogen and oxygen atoms in total. The standard InChI is InChI=1S/C19H26N2O4/c1-23-15-10-17-16(24-7-2-8-25-17)9-14(15)12-21-5-3-19(4-6-21)11-18(22)20-13-19/h9-10H,2-8,11-13H2,1H3,(H,20,22). The van der Waals surface area contributed by atoms with Gasteiger partial charge in [-0.05, 0) is 37.4 Å². The summed E-state index contributed by atoms with van der Waals surface area (Å²) in [7, 11) is 1.70. The first-order valence-electron chi connectivity index (χ1n) is 9.13. The van der Waals surface area contributed by atoms with Crippen LogP contribution in [0.15, 0.2) is 12.1 Å². The van der Waals surface area contributed by atoms with Gasteiger partial charge in [-0.25, -0.2) is 0 Å². The Morgan fingerprint density at radius 1 is 1.20 bits per heavy atom. The quantitative estimate of drug-likeness (QED) is 0.907. The number of fused-ring (bicyclic) bond motifs is 1. The summed E-state index contributed by atoms with van der Waals surface area (Å²) in [5.74, 6) is 2.64. The molecule has 0 bridgehead atoms. The van der Waals surface area contributed by atoms with Crippen molar-refractivity contribution in [3.63, 3.8) is 0 Å². The van der Waals surface area contributed by atoms with Crippen molar-refractivity contribution in [1.82, 2.24) is 10.2 Å². The second-order valence-electron chi connectivity index (χ2n) is 7.39. The van der Waals surface area contributed by atoms with Gasteiger partial charge < -0.3 is 19.5 Å². The van der Waals surface area contributed by atoms with Gasteiger partial charge in [-0.15, -0.1) is 0 Å². The summed E-state index contributed by atoms with van der Waals surface area (Å²) in [6.07, 6.45) is 3.72. The highest BCUT2D eigenvalue weighted by Crippen LogP contribution is 2.40. The number of amides is 1. The number of carbonyl (C=O) groups excluding carboxylic acids is 1. The molecule has 2 fully saturated rings. The molecule has 6 heteroatoms. The number of piperidine rings is 1. The lowest BCUT2D eigenvalue weighted by molar-refractivity contribution is -0.119. The number of ether oxygens (including phenoxy) is 3. The van der Waals surface area contributed by atoms with Crippen LogP contribution in [0, 0.1) is 5.41 Å². The fraction of sp³-hybridized carbons (Fsp3) is 0.632. The first-order valence-corrected chi connectivity index (χ1v) is 9.13. The molecule has 4 rings (SSSR count). The summed E-state index contributed by atoms with van der Waals surface area (Å²) in [5, 5.41) is 3.00. The van der Waals surface area contributed by atoms with Crippen molar-refractivity contribution >= 4 is 5.91 Å². The highest BCUT2D eigenvalue weighted by Gasteiger charge is 2.40. The second kappa shape index (κ2) is 6.75. The molecule has 1 aromatic carbocycles. The molecule has 0 atom stereocenters. The van der Waals surface area contributed by atoms with Crippen molar-refractivity contribution in [3.05, 3.63) is 17.7 Å². The lowest BCUT2D eigenvalue weighted by Gasteiger charge is -2.38. The average molecular weight is 346 g/mol. The van der Waals surface area contributed by atoms with E-state index < -0.39 is 0 Å². The molecule has 1 amide bonds. The molecule has 2 saturated heterocycles. The zero-order valence-electron chi connectivity index (χ0n) is 14.8. The van der Waals surface area contributed by atoms with Crippen molar-refractivity contribution in [3.8, 4) is 17.2 Å². The second-order valence-corrected chi connectivity index (χ2v) is 7.39. The lowest BCUT2D eigenvalue weighted by Crippen LogP contribution is -2.40. The van der Waals surface area contributed by atoms with Gasteiger partial charge in [-0.3, -0.25) is 9.69 Å². The van der Waals surface area contributed by atoms with Crippen molar-refractivity contribution in [2.45, 2.75) is 32.2 Å². The summed E-state index contributed by atoms with van der Waals surface area (Å²) in [5.41, 5.74) is 1.31. The smallest absolute Gasteiger partial charge is 0.220 e. The van der Waals surface area contributed by atoms with Gasteiger partial charge in [0.2, 0.25) is 5.91 Å². The van der Waals surface area contributed by atoms with Crippen LogP contribution in [-0.2, 0) is 11.3 Å². The molecule has 0 saturated carbocycles. The van der Waals surface area contributed by atoms with Crippen LogP contribution in [0.4, 0.5) is 0 Å². The van der Waals surface area contributed by atoms with Gasteiger partial charge in [0.25, 0.3) is 0 Å². The Balaban J connectivity index is 1.46. The number of hydrogen-bond acceptors (Lipinski definition) is 5. The maximum absolute atomic E-state index is 11.6. The van der Waals surface area contributed by atoms with E-state index in [9.17, 15) is 4.79 Å². The highest BCUT2D eigenvalue weighted by molar-refractivity contribution is 5.79. The molecule has 3 heterocycles. The molecule has 136 valence electrons. The Kier molecular flexibility index (Phi) is 4.46. The van der Waals surface area contributed by atoms with E-state index in [0.29, 0.717) is 19.6 Å². The molecule has 0 aromatic heterocycles. The Morgan fingerprint density at radius 3 is 2.56 bits per heavy atom. The van der Waals surface area contributed by atoms with E-state index in [2.05, 4.69) is 16.3 Å². The summed E-state index contributed by atoms with van der Waals surface area (Å²) in [6.45, 7) is 5.05. The molecule has 1 aromatic rings. The van der Waals surface area contributed by atoms with E-state index in [-0.39, 0.29) is 11.3 Å². The van der Waals surface area contributed by atoms with E-state index >= 15 is 0 Å². The molecule has 25 heavy (non-hydrogen) atoms. The highest BCUT2D eigenvalue weighted by atomic mass is 16.5. The number of nitrogens with zero attached hydrogens (tertiary/aromatic N) is 1. The van der Waals surface area contributed by atoms with Gasteiger partial charge in [0.15, 0.2) is 11.5 Å². The van der Waals surface area contributed by atoms with Crippen LogP contribution in [0.5, 0.6) is 17.2 Å². The molecular weight excluding hydrogens is 320 g/mol. The van der Waals surface area contributed by atoms with Gasteiger partial charge in [0, 0.05) is 37.6 Å². The van der Waals surface area contributed by atoms with Gasteiger partial charge in [0.05, 0.1) is 20.3 Å². The third-order valence-electron chi connectivity index (χ3n) is 5.66. The molecular formula is C19H26N2O4. The fourth-order valence-electron chi connectivity index (χ4n) is 4.08. The first kappa shape index (κ1) is 16.5. The largest absolute Gasteiger partial charge is 0.496 e. The van der Waals surface area contributed by atoms with Crippen molar-refractivity contribution in [1.29, 1.82) is 0 Å². The van der Waals surface area contributed by atoms with E-state index in [0.717, 1.165) is 68.3 Å². The van der Waals surface area contributed by atoms with E-state index in [1.54, 1.807) is 7.11 Å². The van der Waals surface area contributed by atoms with Crippen LogP contribution in [0.2, 0.25) is 0 Å². The van der Waals surface area contributed by atoms with E-state index in [1.807, 2.05) is 6.07 Å². The van der Waals surface area contributed by atoms with Crippen LogP contribution in [0.25, 0.3) is 0 Å². The zero-order valence-corrected chi connectivity index (χ0v) is 14.8. The zero-order chi connectivity index (χ0) is 17.3. The van der Waals surface area contributed by atoms with Crippen LogP contribution < -0.4 is 19.5 Å². The summed E-state index contributed by atoms with van der Waals surface area (Å²) in [6, 6.07) is 4.01. The molecule has 3 aliphatic heterocycles.